The highest BCUT2D eigenvalue weighted by Crippen LogP contribution is 2.18. The highest BCUT2D eigenvalue weighted by molar-refractivity contribution is 5.82. The van der Waals surface area contributed by atoms with Crippen LogP contribution in [0.4, 0.5) is 0 Å². The summed E-state index contributed by atoms with van der Waals surface area (Å²) in [5.74, 6) is 0.758. The summed E-state index contributed by atoms with van der Waals surface area (Å²) in [5, 5.41) is 2.76. The smallest absolute Gasteiger partial charge is 0.227 e. The molecule has 1 aliphatic heterocycles. The van der Waals surface area contributed by atoms with Crippen molar-refractivity contribution in [2.75, 3.05) is 26.7 Å². The van der Waals surface area contributed by atoms with E-state index in [4.69, 9.17) is 4.74 Å². The minimum absolute atomic E-state index is 0.00703. The van der Waals surface area contributed by atoms with Crippen LogP contribution in [0.25, 0.3) is 0 Å². The van der Waals surface area contributed by atoms with Crippen molar-refractivity contribution in [2.24, 2.45) is 0 Å². The molecule has 1 heterocycles. The second-order valence-corrected chi connectivity index (χ2v) is 4.47. The van der Waals surface area contributed by atoms with E-state index in [2.05, 4.69) is 5.32 Å². The number of rotatable bonds is 3. The van der Waals surface area contributed by atoms with E-state index >= 15 is 0 Å². The monoisotopic (exact) mass is 262 g/mol. The first-order valence-electron chi connectivity index (χ1n) is 6.37. The normalized spacial score (nSPS) is 15.6. The van der Waals surface area contributed by atoms with Gasteiger partial charge in [-0.25, -0.2) is 0 Å². The molecule has 5 heteroatoms. The van der Waals surface area contributed by atoms with E-state index in [1.165, 1.54) is 0 Å². The maximum atomic E-state index is 12.2. The fourth-order valence-electron chi connectivity index (χ4n) is 2.14. The molecule has 19 heavy (non-hydrogen) atoms. The number of ether oxygens (including phenoxy) is 1. The van der Waals surface area contributed by atoms with Gasteiger partial charge in [-0.3, -0.25) is 9.59 Å². The van der Waals surface area contributed by atoms with Crippen molar-refractivity contribution in [2.45, 2.75) is 12.8 Å². The van der Waals surface area contributed by atoms with Gasteiger partial charge in [0.25, 0.3) is 0 Å². The Morgan fingerprint density at radius 2 is 2.16 bits per heavy atom. The molecule has 0 spiro atoms. The zero-order valence-corrected chi connectivity index (χ0v) is 11.0. The number of methoxy groups -OCH3 is 1. The van der Waals surface area contributed by atoms with Crippen LogP contribution in [-0.2, 0) is 16.0 Å². The number of hydrogen-bond donors (Lipinski definition) is 1. The average Bonchev–Trinajstić information content (AvgIpc) is 2.64. The van der Waals surface area contributed by atoms with Crippen molar-refractivity contribution in [1.82, 2.24) is 10.2 Å². The Morgan fingerprint density at radius 3 is 2.95 bits per heavy atom. The molecular formula is C14H18N2O3. The summed E-state index contributed by atoms with van der Waals surface area (Å²) in [6, 6.07) is 7.49. The van der Waals surface area contributed by atoms with E-state index in [0.717, 1.165) is 11.3 Å². The van der Waals surface area contributed by atoms with Gasteiger partial charge < -0.3 is 15.0 Å². The quantitative estimate of drug-likeness (QED) is 0.867. The third kappa shape index (κ3) is 3.47. The van der Waals surface area contributed by atoms with Crippen molar-refractivity contribution in [3.63, 3.8) is 0 Å². The fraction of sp³-hybridized carbons (Fsp3) is 0.429. The van der Waals surface area contributed by atoms with Gasteiger partial charge >= 0.3 is 0 Å². The Balaban J connectivity index is 2.02. The van der Waals surface area contributed by atoms with Gasteiger partial charge in [-0.1, -0.05) is 18.2 Å². The van der Waals surface area contributed by atoms with Gasteiger partial charge in [0.05, 0.1) is 13.5 Å². The van der Waals surface area contributed by atoms with Crippen LogP contribution < -0.4 is 10.1 Å². The number of amides is 2. The Labute approximate surface area is 112 Å². The zero-order valence-electron chi connectivity index (χ0n) is 11.0. The zero-order chi connectivity index (χ0) is 13.7. The second-order valence-electron chi connectivity index (χ2n) is 4.47. The molecule has 1 saturated heterocycles. The second kappa shape index (κ2) is 6.22. The molecule has 0 atom stereocenters. The summed E-state index contributed by atoms with van der Waals surface area (Å²) in [6.07, 6.45) is 0.676. The van der Waals surface area contributed by atoms with E-state index in [-0.39, 0.29) is 11.8 Å². The van der Waals surface area contributed by atoms with Crippen molar-refractivity contribution in [3.05, 3.63) is 29.8 Å². The van der Waals surface area contributed by atoms with Gasteiger partial charge in [0.15, 0.2) is 0 Å². The molecule has 0 bridgehead atoms. The van der Waals surface area contributed by atoms with Gasteiger partial charge in [0.2, 0.25) is 11.8 Å². The Morgan fingerprint density at radius 1 is 1.37 bits per heavy atom. The maximum Gasteiger partial charge on any atom is 0.227 e. The number of para-hydroxylation sites is 1. The molecule has 1 aliphatic rings. The molecule has 0 saturated carbocycles. The van der Waals surface area contributed by atoms with Crippen LogP contribution in [0.15, 0.2) is 24.3 Å². The Kier molecular flexibility index (Phi) is 4.39. The number of hydrogen-bond acceptors (Lipinski definition) is 3. The number of carbonyl (C=O) groups is 2. The topological polar surface area (TPSA) is 58.6 Å². The van der Waals surface area contributed by atoms with E-state index in [0.29, 0.717) is 32.5 Å². The van der Waals surface area contributed by atoms with Gasteiger partial charge in [0.1, 0.15) is 5.75 Å². The van der Waals surface area contributed by atoms with Crippen LogP contribution in [0.2, 0.25) is 0 Å². The summed E-state index contributed by atoms with van der Waals surface area (Å²) < 4.78 is 5.24. The minimum atomic E-state index is 0.00703. The van der Waals surface area contributed by atoms with Gasteiger partial charge in [-0.2, -0.15) is 0 Å². The lowest BCUT2D eigenvalue weighted by molar-refractivity contribution is -0.130. The minimum Gasteiger partial charge on any atom is -0.496 e. The van der Waals surface area contributed by atoms with Crippen LogP contribution >= 0.6 is 0 Å². The summed E-state index contributed by atoms with van der Waals surface area (Å²) in [4.78, 5) is 25.2. The molecule has 0 unspecified atom stereocenters. The lowest BCUT2D eigenvalue weighted by Crippen LogP contribution is -2.35. The highest BCUT2D eigenvalue weighted by Gasteiger charge is 2.19. The van der Waals surface area contributed by atoms with Crippen LogP contribution in [0.1, 0.15) is 12.0 Å². The molecule has 1 aromatic rings. The van der Waals surface area contributed by atoms with E-state index in [9.17, 15) is 9.59 Å². The summed E-state index contributed by atoms with van der Waals surface area (Å²) in [7, 11) is 1.60. The molecule has 1 N–H and O–H groups in total. The predicted octanol–water partition coefficient (Wildman–Crippen LogP) is 0.586. The van der Waals surface area contributed by atoms with E-state index in [1.807, 2.05) is 24.3 Å². The first kappa shape index (κ1) is 13.4. The first-order valence-corrected chi connectivity index (χ1v) is 6.37. The Hall–Kier alpha value is -2.04. The number of benzene rings is 1. The molecular weight excluding hydrogens is 244 g/mol. The third-order valence-electron chi connectivity index (χ3n) is 3.20. The Bertz CT molecular complexity index is 474. The van der Waals surface area contributed by atoms with E-state index in [1.54, 1.807) is 12.0 Å². The fourth-order valence-corrected chi connectivity index (χ4v) is 2.14. The number of nitrogens with zero attached hydrogens (tertiary/aromatic N) is 1. The molecule has 2 amide bonds. The van der Waals surface area contributed by atoms with E-state index < -0.39 is 0 Å². The standard InChI is InChI=1S/C14H18N2O3/c1-19-12-5-3-2-4-11(12)10-14(18)16-8-6-13(17)15-7-9-16/h2-5H,6-10H2,1H3,(H,15,17). The predicted molar refractivity (Wildman–Crippen MR) is 70.9 cm³/mol. The van der Waals surface area contributed by atoms with Crippen LogP contribution in [0, 0.1) is 0 Å². The maximum absolute atomic E-state index is 12.2. The van der Waals surface area contributed by atoms with Crippen molar-refractivity contribution in [1.29, 1.82) is 0 Å². The lowest BCUT2D eigenvalue weighted by Gasteiger charge is -2.20. The molecule has 0 aliphatic carbocycles. The summed E-state index contributed by atoms with van der Waals surface area (Å²) >= 11 is 0. The molecule has 0 radical (unpaired) electrons. The summed E-state index contributed by atoms with van der Waals surface area (Å²) in [5.41, 5.74) is 0.874. The average molecular weight is 262 g/mol. The third-order valence-corrected chi connectivity index (χ3v) is 3.20. The number of carbonyl (C=O) groups excluding carboxylic acids is 2. The first-order chi connectivity index (χ1) is 9.20. The van der Waals surface area contributed by atoms with Gasteiger partial charge in [-0.15, -0.1) is 0 Å². The molecule has 1 aromatic carbocycles. The van der Waals surface area contributed by atoms with Gasteiger partial charge in [0, 0.05) is 31.6 Å². The molecule has 0 aromatic heterocycles. The number of nitrogens with one attached hydrogen (secondary N) is 1. The summed E-state index contributed by atoms with van der Waals surface area (Å²) in [6.45, 7) is 1.58. The largest absolute Gasteiger partial charge is 0.496 e. The molecule has 1 fully saturated rings. The lowest BCUT2D eigenvalue weighted by atomic mass is 10.1. The van der Waals surface area contributed by atoms with Crippen molar-refractivity contribution >= 4 is 11.8 Å². The molecule has 2 rings (SSSR count). The SMILES string of the molecule is COc1ccccc1CC(=O)N1CCNC(=O)CC1. The van der Waals surface area contributed by atoms with Crippen molar-refractivity contribution in [3.8, 4) is 5.75 Å². The van der Waals surface area contributed by atoms with Crippen LogP contribution in [-0.4, -0.2) is 43.5 Å². The van der Waals surface area contributed by atoms with Crippen molar-refractivity contribution < 1.29 is 14.3 Å². The van der Waals surface area contributed by atoms with Crippen LogP contribution in [0.3, 0.4) is 0 Å². The highest BCUT2D eigenvalue weighted by atomic mass is 16.5. The van der Waals surface area contributed by atoms with Gasteiger partial charge in [-0.05, 0) is 6.07 Å². The molecule has 5 nitrogen and oxygen atoms in total. The molecule has 102 valence electrons. The van der Waals surface area contributed by atoms with Crippen LogP contribution in [0.5, 0.6) is 5.75 Å².